The molecular formula is C13H22N4OS. The monoisotopic (exact) mass is 282 g/mol. The van der Waals surface area contributed by atoms with Crippen LogP contribution in [-0.2, 0) is 0 Å². The Morgan fingerprint density at radius 2 is 2.00 bits per heavy atom. The first-order valence-electron chi connectivity index (χ1n) is 6.73. The Bertz CT molecular complexity index is 423. The molecule has 1 aliphatic carbocycles. The number of aliphatic hydroxyl groups excluding tert-OH is 1. The summed E-state index contributed by atoms with van der Waals surface area (Å²) in [5, 5.41) is 16.7. The largest absolute Gasteiger partial charge is 0.396 e. The molecule has 19 heavy (non-hydrogen) atoms. The van der Waals surface area contributed by atoms with E-state index in [1.807, 2.05) is 12.3 Å². The average molecular weight is 282 g/mol. The Hall–Kier alpha value is -1.01. The lowest BCUT2D eigenvalue weighted by Crippen LogP contribution is -2.20. The van der Waals surface area contributed by atoms with E-state index in [0.29, 0.717) is 0 Å². The van der Waals surface area contributed by atoms with E-state index in [1.54, 1.807) is 0 Å². The molecule has 1 fully saturated rings. The Morgan fingerprint density at radius 3 is 2.53 bits per heavy atom. The maximum absolute atomic E-state index is 9.32. The zero-order valence-electron chi connectivity index (χ0n) is 11.6. The summed E-state index contributed by atoms with van der Waals surface area (Å²) in [6.07, 6.45) is 5.23. The Balaban J connectivity index is 2.01. The Morgan fingerprint density at radius 1 is 1.32 bits per heavy atom. The first kappa shape index (κ1) is 14.4. The number of nitrogens with zero attached hydrogens (tertiary/aromatic N) is 2. The molecule has 106 valence electrons. The lowest BCUT2D eigenvalue weighted by atomic mass is 10.1. The summed E-state index contributed by atoms with van der Waals surface area (Å²) >= 11 is 1.53. The maximum atomic E-state index is 9.32. The van der Waals surface area contributed by atoms with Crippen LogP contribution in [0.3, 0.4) is 0 Å². The zero-order valence-corrected chi connectivity index (χ0v) is 12.4. The lowest BCUT2D eigenvalue weighted by Gasteiger charge is -2.14. The molecule has 1 aromatic rings. The Labute approximate surface area is 118 Å². The lowest BCUT2D eigenvalue weighted by molar-refractivity contribution is 0.219. The number of aliphatic hydroxyl groups is 1. The number of rotatable bonds is 8. The highest BCUT2D eigenvalue weighted by molar-refractivity contribution is 7.98. The van der Waals surface area contributed by atoms with Crippen LogP contribution in [0.1, 0.15) is 26.2 Å². The van der Waals surface area contributed by atoms with Crippen molar-refractivity contribution < 1.29 is 5.11 Å². The summed E-state index contributed by atoms with van der Waals surface area (Å²) in [6.45, 7) is 4.06. The minimum absolute atomic E-state index is 0.0848. The summed E-state index contributed by atoms with van der Waals surface area (Å²) < 4.78 is 0. The standard InChI is InChI=1S/C13H22N4OS/c1-3-6-14-10-7-11(17-12(16-10)19-2)15-8-13(9-18)4-5-13/h7,18H,3-6,8-9H2,1-2H3,(H2,14,15,16,17). The molecular weight excluding hydrogens is 260 g/mol. The molecule has 0 amide bonds. The van der Waals surface area contributed by atoms with Gasteiger partial charge in [-0.1, -0.05) is 18.7 Å². The van der Waals surface area contributed by atoms with E-state index in [0.717, 1.165) is 49.1 Å². The van der Waals surface area contributed by atoms with E-state index in [-0.39, 0.29) is 12.0 Å². The van der Waals surface area contributed by atoms with Crippen molar-refractivity contribution in [1.29, 1.82) is 0 Å². The highest BCUT2D eigenvalue weighted by Crippen LogP contribution is 2.44. The van der Waals surface area contributed by atoms with Crippen molar-refractivity contribution in [3.8, 4) is 0 Å². The zero-order chi connectivity index (χ0) is 13.7. The predicted molar refractivity (Wildman–Crippen MR) is 79.8 cm³/mol. The molecule has 2 rings (SSSR count). The van der Waals surface area contributed by atoms with Crippen molar-refractivity contribution in [3.63, 3.8) is 0 Å². The normalized spacial score (nSPS) is 16.2. The predicted octanol–water partition coefficient (Wildman–Crippen LogP) is 2.20. The SMILES string of the molecule is CCCNc1cc(NCC2(CO)CC2)nc(SC)n1. The van der Waals surface area contributed by atoms with Gasteiger partial charge in [-0.15, -0.1) is 0 Å². The maximum Gasteiger partial charge on any atom is 0.191 e. The van der Waals surface area contributed by atoms with Gasteiger partial charge in [-0.05, 0) is 25.5 Å². The summed E-state index contributed by atoms with van der Waals surface area (Å²) in [5.41, 5.74) is 0.0848. The van der Waals surface area contributed by atoms with E-state index < -0.39 is 0 Å². The van der Waals surface area contributed by atoms with Crippen LogP contribution >= 0.6 is 11.8 Å². The summed E-state index contributed by atoms with van der Waals surface area (Å²) in [4.78, 5) is 8.87. The van der Waals surface area contributed by atoms with Crippen LogP contribution in [0.2, 0.25) is 0 Å². The molecule has 0 aromatic carbocycles. The van der Waals surface area contributed by atoms with Gasteiger partial charge in [0, 0.05) is 24.6 Å². The smallest absolute Gasteiger partial charge is 0.191 e. The number of hydrogen-bond acceptors (Lipinski definition) is 6. The van der Waals surface area contributed by atoms with E-state index in [9.17, 15) is 5.11 Å². The molecule has 0 bridgehead atoms. The second-order valence-electron chi connectivity index (χ2n) is 5.06. The van der Waals surface area contributed by atoms with E-state index in [1.165, 1.54) is 11.8 Å². The van der Waals surface area contributed by atoms with Crippen LogP contribution in [0.15, 0.2) is 11.2 Å². The van der Waals surface area contributed by atoms with Crippen molar-refractivity contribution in [2.24, 2.45) is 5.41 Å². The van der Waals surface area contributed by atoms with Crippen LogP contribution in [0.5, 0.6) is 0 Å². The fraction of sp³-hybridized carbons (Fsp3) is 0.692. The molecule has 1 heterocycles. The molecule has 1 aromatic heterocycles. The van der Waals surface area contributed by atoms with Gasteiger partial charge in [-0.3, -0.25) is 0 Å². The second kappa shape index (κ2) is 6.43. The highest BCUT2D eigenvalue weighted by atomic mass is 32.2. The van der Waals surface area contributed by atoms with Gasteiger partial charge < -0.3 is 15.7 Å². The first-order chi connectivity index (χ1) is 9.21. The van der Waals surface area contributed by atoms with Crippen molar-refractivity contribution in [3.05, 3.63) is 6.07 Å². The van der Waals surface area contributed by atoms with Gasteiger partial charge >= 0.3 is 0 Å². The molecule has 3 N–H and O–H groups in total. The van der Waals surface area contributed by atoms with Crippen molar-refractivity contribution in [2.45, 2.75) is 31.3 Å². The van der Waals surface area contributed by atoms with Gasteiger partial charge in [0.15, 0.2) is 5.16 Å². The molecule has 5 nitrogen and oxygen atoms in total. The van der Waals surface area contributed by atoms with Crippen molar-refractivity contribution in [2.75, 3.05) is 36.6 Å². The van der Waals surface area contributed by atoms with Crippen LogP contribution in [0, 0.1) is 5.41 Å². The summed E-state index contributed by atoms with van der Waals surface area (Å²) in [5.74, 6) is 1.69. The highest BCUT2D eigenvalue weighted by Gasteiger charge is 2.41. The fourth-order valence-electron chi connectivity index (χ4n) is 1.80. The summed E-state index contributed by atoms with van der Waals surface area (Å²) in [7, 11) is 0. The third-order valence-electron chi connectivity index (χ3n) is 3.38. The minimum atomic E-state index is 0.0848. The molecule has 0 atom stereocenters. The first-order valence-corrected chi connectivity index (χ1v) is 7.95. The second-order valence-corrected chi connectivity index (χ2v) is 5.84. The van der Waals surface area contributed by atoms with Gasteiger partial charge in [0.05, 0.1) is 6.61 Å². The fourth-order valence-corrected chi connectivity index (χ4v) is 2.18. The van der Waals surface area contributed by atoms with E-state index in [4.69, 9.17) is 0 Å². The number of nitrogens with one attached hydrogen (secondary N) is 2. The molecule has 1 saturated carbocycles. The molecule has 0 spiro atoms. The van der Waals surface area contributed by atoms with Gasteiger partial charge in [-0.2, -0.15) is 0 Å². The average Bonchev–Trinajstić information content (AvgIpc) is 3.23. The molecule has 0 aliphatic heterocycles. The molecule has 0 radical (unpaired) electrons. The number of hydrogen-bond donors (Lipinski definition) is 3. The van der Waals surface area contributed by atoms with Crippen LogP contribution in [-0.4, -0.2) is 41.0 Å². The van der Waals surface area contributed by atoms with E-state index in [2.05, 4.69) is 27.5 Å². The van der Waals surface area contributed by atoms with Crippen LogP contribution < -0.4 is 10.6 Å². The van der Waals surface area contributed by atoms with Crippen LogP contribution in [0.25, 0.3) is 0 Å². The van der Waals surface area contributed by atoms with Gasteiger partial charge in [0.1, 0.15) is 11.6 Å². The number of anilines is 2. The summed E-state index contributed by atoms with van der Waals surface area (Å²) in [6, 6.07) is 1.93. The van der Waals surface area contributed by atoms with E-state index >= 15 is 0 Å². The Kier molecular flexibility index (Phi) is 4.87. The molecule has 1 aliphatic rings. The van der Waals surface area contributed by atoms with Crippen LogP contribution in [0.4, 0.5) is 11.6 Å². The topological polar surface area (TPSA) is 70.1 Å². The number of thioether (sulfide) groups is 1. The van der Waals surface area contributed by atoms with Crippen molar-refractivity contribution >= 4 is 23.4 Å². The molecule has 0 unspecified atom stereocenters. The molecule has 0 saturated heterocycles. The minimum Gasteiger partial charge on any atom is -0.396 e. The third kappa shape index (κ3) is 3.98. The quantitative estimate of drug-likeness (QED) is 0.501. The number of aromatic nitrogens is 2. The van der Waals surface area contributed by atoms with Crippen molar-refractivity contribution in [1.82, 2.24) is 9.97 Å². The third-order valence-corrected chi connectivity index (χ3v) is 3.93. The molecule has 6 heteroatoms. The van der Waals surface area contributed by atoms with Gasteiger partial charge in [-0.25, -0.2) is 9.97 Å². The van der Waals surface area contributed by atoms with Gasteiger partial charge in [0.25, 0.3) is 0 Å². The van der Waals surface area contributed by atoms with Gasteiger partial charge in [0.2, 0.25) is 0 Å².